The number of halogens is 1. The fraction of sp³-hybridized carbons (Fsp3) is 0.0588. The molecule has 19 heavy (non-hydrogen) atoms. The van der Waals surface area contributed by atoms with Crippen LogP contribution < -0.4 is 0 Å². The van der Waals surface area contributed by atoms with Gasteiger partial charge in [-0.1, -0.05) is 66.2 Å². The highest BCUT2D eigenvalue weighted by atomic mass is 35.5. The zero-order valence-electron chi connectivity index (χ0n) is 10.3. The van der Waals surface area contributed by atoms with Gasteiger partial charge in [-0.15, -0.1) is 0 Å². The summed E-state index contributed by atoms with van der Waals surface area (Å²) in [7, 11) is 0. The lowest BCUT2D eigenvalue weighted by molar-refractivity contribution is 0.222. The van der Waals surface area contributed by atoms with Gasteiger partial charge in [-0.2, -0.15) is 0 Å². The Hall–Kier alpha value is -1.83. The highest BCUT2D eigenvalue weighted by molar-refractivity contribution is 6.30. The first kappa shape index (κ1) is 12.2. The van der Waals surface area contributed by atoms with Crippen molar-refractivity contribution in [3.05, 3.63) is 82.9 Å². The molecule has 0 bridgehead atoms. The van der Waals surface area contributed by atoms with Gasteiger partial charge in [0.05, 0.1) is 0 Å². The average molecular weight is 269 g/mol. The minimum Gasteiger partial charge on any atom is -0.384 e. The number of aliphatic hydroxyl groups excluding tert-OH is 1. The SMILES string of the molecule is O[C@H](c1cccc(Cl)c1)c1cccc2ccccc12. The maximum Gasteiger partial charge on any atom is 0.105 e. The molecule has 1 N–H and O–H groups in total. The quantitative estimate of drug-likeness (QED) is 0.722. The first-order chi connectivity index (χ1) is 9.25. The van der Waals surface area contributed by atoms with Crippen molar-refractivity contribution >= 4 is 22.4 Å². The Morgan fingerprint density at radius 1 is 0.842 bits per heavy atom. The molecule has 0 aliphatic rings. The number of rotatable bonds is 2. The molecule has 0 spiro atoms. The Morgan fingerprint density at radius 2 is 1.58 bits per heavy atom. The van der Waals surface area contributed by atoms with Crippen LogP contribution in [0.2, 0.25) is 5.02 Å². The summed E-state index contributed by atoms with van der Waals surface area (Å²) in [5.74, 6) is 0. The number of fused-ring (bicyclic) bond motifs is 1. The number of hydrogen-bond acceptors (Lipinski definition) is 1. The molecule has 0 radical (unpaired) electrons. The predicted octanol–water partition coefficient (Wildman–Crippen LogP) is 4.57. The van der Waals surface area contributed by atoms with Crippen LogP contribution in [0.1, 0.15) is 17.2 Å². The van der Waals surface area contributed by atoms with Gasteiger partial charge < -0.3 is 5.11 Å². The molecule has 3 aromatic rings. The second kappa shape index (κ2) is 5.04. The summed E-state index contributed by atoms with van der Waals surface area (Å²) in [4.78, 5) is 0. The molecule has 0 aliphatic heterocycles. The molecule has 0 saturated heterocycles. The van der Waals surface area contributed by atoms with E-state index in [1.165, 1.54) is 0 Å². The molecule has 2 heteroatoms. The summed E-state index contributed by atoms with van der Waals surface area (Å²) in [6.45, 7) is 0. The van der Waals surface area contributed by atoms with E-state index in [-0.39, 0.29) is 0 Å². The average Bonchev–Trinajstić information content (AvgIpc) is 2.46. The van der Waals surface area contributed by atoms with E-state index in [1.54, 1.807) is 12.1 Å². The van der Waals surface area contributed by atoms with Gasteiger partial charge in [-0.25, -0.2) is 0 Å². The first-order valence-electron chi connectivity index (χ1n) is 6.17. The van der Waals surface area contributed by atoms with Crippen molar-refractivity contribution in [2.24, 2.45) is 0 Å². The van der Waals surface area contributed by atoms with E-state index in [2.05, 4.69) is 0 Å². The van der Waals surface area contributed by atoms with Crippen LogP contribution in [0, 0.1) is 0 Å². The van der Waals surface area contributed by atoms with Crippen molar-refractivity contribution in [1.29, 1.82) is 0 Å². The van der Waals surface area contributed by atoms with Crippen molar-refractivity contribution in [2.45, 2.75) is 6.10 Å². The maximum absolute atomic E-state index is 10.6. The molecule has 3 rings (SSSR count). The molecule has 0 fully saturated rings. The smallest absolute Gasteiger partial charge is 0.105 e. The lowest BCUT2D eigenvalue weighted by atomic mass is 9.96. The monoisotopic (exact) mass is 268 g/mol. The van der Waals surface area contributed by atoms with E-state index < -0.39 is 6.10 Å². The molecule has 1 atom stereocenters. The predicted molar refractivity (Wildman–Crippen MR) is 79.5 cm³/mol. The third-order valence-corrected chi connectivity index (χ3v) is 3.52. The van der Waals surface area contributed by atoms with Gasteiger partial charge in [0, 0.05) is 5.02 Å². The lowest BCUT2D eigenvalue weighted by Crippen LogP contribution is -2.00. The van der Waals surface area contributed by atoms with Gasteiger partial charge >= 0.3 is 0 Å². The number of aliphatic hydroxyl groups is 1. The fourth-order valence-electron chi connectivity index (χ4n) is 2.35. The third kappa shape index (κ3) is 2.35. The van der Waals surface area contributed by atoms with Gasteiger partial charge in [0.1, 0.15) is 6.10 Å². The van der Waals surface area contributed by atoms with Gasteiger partial charge in [0.15, 0.2) is 0 Å². The van der Waals surface area contributed by atoms with Crippen LogP contribution in [0.4, 0.5) is 0 Å². The zero-order chi connectivity index (χ0) is 13.2. The first-order valence-corrected chi connectivity index (χ1v) is 6.55. The minimum absolute atomic E-state index is 0.636. The third-order valence-electron chi connectivity index (χ3n) is 3.28. The van der Waals surface area contributed by atoms with E-state index in [4.69, 9.17) is 11.6 Å². The van der Waals surface area contributed by atoms with Crippen LogP contribution in [-0.4, -0.2) is 5.11 Å². The second-order valence-corrected chi connectivity index (χ2v) is 4.96. The molecule has 94 valence electrons. The van der Waals surface area contributed by atoms with E-state index in [1.807, 2.05) is 54.6 Å². The topological polar surface area (TPSA) is 20.2 Å². The summed E-state index contributed by atoms with van der Waals surface area (Å²) in [5.41, 5.74) is 1.71. The van der Waals surface area contributed by atoms with Crippen LogP contribution in [0.25, 0.3) is 10.8 Å². The lowest BCUT2D eigenvalue weighted by Gasteiger charge is -2.14. The fourth-order valence-corrected chi connectivity index (χ4v) is 2.54. The molecule has 3 aromatic carbocycles. The second-order valence-electron chi connectivity index (χ2n) is 4.53. The standard InChI is InChI=1S/C17H13ClO/c18-14-8-3-7-13(11-14)17(19)16-10-4-6-12-5-1-2-9-15(12)16/h1-11,17,19H/t17-/m1/s1. The molecule has 0 aliphatic carbocycles. The van der Waals surface area contributed by atoms with Crippen LogP contribution in [-0.2, 0) is 0 Å². The molecular formula is C17H13ClO. The summed E-state index contributed by atoms with van der Waals surface area (Å²) in [5, 5.41) is 13.4. The van der Waals surface area contributed by atoms with Gasteiger partial charge in [-0.05, 0) is 34.0 Å². The maximum atomic E-state index is 10.6. The van der Waals surface area contributed by atoms with E-state index in [0.29, 0.717) is 5.02 Å². The summed E-state index contributed by atoms with van der Waals surface area (Å²) in [6, 6.07) is 21.4. The molecule has 0 unspecified atom stereocenters. The summed E-state index contributed by atoms with van der Waals surface area (Å²) in [6.07, 6.45) is -0.662. The molecule has 0 amide bonds. The highest BCUT2D eigenvalue weighted by Crippen LogP contribution is 2.29. The number of hydrogen-bond donors (Lipinski definition) is 1. The Bertz CT molecular complexity index is 716. The Labute approximate surface area is 117 Å². The highest BCUT2D eigenvalue weighted by Gasteiger charge is 2.13. The van der Waals surface area contributed by atoms with Crippen molar-refractivity contribution in [3.8, 4) is 0 Å². The van der Waals surface area contributed by atoms with Crippen LogP contribution >= 0.6 is 11.6 Å². The normalized spacial score (nSPS) is 12.5. The minimum atomic E-state index is -0.662. The van der Waals surface area contributed by atoms with Crippen LogP contribution in [0.5, 0.6) is 0 Å². The summed E-state index contributed by atoms with van der Waals surface area (Å²) < 4.78 is 0. The molecule has 0 heterocycles. The van der Waals surface area contributed by atoms with E-state index >= 15 is 0 Å². The van der Waals surface area contributed by atoms with Crippen molar-refractivity contribution in [1.82, 2.24) is 0 Å². The van der Waals surface area contributed by atoms with E-state index in [9.17, 15) is 5.11 Å². The van der Waals surface area contributed by atoms with Gasteiger partial charge in [0.2, 0.25) is 0 Å². The Balaban J connectivity index is 2.14. The molecule has 0 aromatic heterocycles. The van der Waals surface area contributed by atoms with Gasteiger partial charge in [-0.3, -0.25) is 0 Å². The van der Waals surface area contributed by atoms with E-state index in [0.717, 1.165) is 21.9 Å². The van der Waals surface area contributed by atoms with Crippen LogP contribution in [0.3, 0.4) is 0 Å². The summed E-state index contributed by atoms with van der Waals surface area (Å²) >= 11 is 5.98. The Morgan fingerprint density at radius 3 is 2.42 bits per heavy atom. The number of benzene rings is 3. The van der Waals surface area contributed by atoms with Gasteiger partial charge in [0.25, 0.3) is 0 Å². The Kier molecular flexibility index (Phi) is 3.24. The van der Waals surface area contributed by atoms with Crippen molar-refractivity contribution in [3.63, 3.8) is 0 Å². The van der Waals surface area contributed by atoms with Crippen molar-refractivity contribution in [2.75, 3.05) is 0 Å². The largest absolute Gasteiger partial charge is 0.384 e. The van der Waals surface area contributed by atoms with Crippen LogP contribution in [0.15, 0.2) is 66.7 Å². The molecule has 1 nitrogen and oxygen atoms in total. The zero-order valence-corrected chi connectivity index (χ0v) is 11.0. The molecular weight excluding hydrogens is 256 g/mol. The van der Waals surface area contributed by atoms with Crippen molar-refractivity contribution < 1.29 is 5.11 Å². The molecule has 0 saturated carbocycles.